The third kappa shape index (κ3) is 3.84. The molecule has 100 valence electrons. The molecular weight excluding hydrogens is 400 g/mol. The van der Waals surface area contributed by atoms with Crippen molar-refractivity contribution in [1.29, 1.82) is 0 Å². The summed E-state index contributed by atoms with van der Waals surface area (Å²) >= 11 is 12.3. The summed E-state index contributed by atoms with van der Waals surface area (Å²) in [7, 11) is 0. The number of hydrogen-bond donors (Lipinski definition) is 2. The monoisotopic (exact) mass is 407 g/mol. The van der Waals surface area contributed by atoms with Crippen LogP contribution in [-0.2, 0) is 6.54 Å². The van der Waals surface area contributed by atoms with E-state index in [0.717, 1.165) is 5.56 Å². The van der Waals surface area contributed by atoms with Gasteiger partial charge in [-0.25, -0.2) is 4.39 Å². The molecule has 0 fully saturated rings. The molecule has 0 aliphatic rings. The Kier molecular flexibility index (Phi) is 4.71. The molecule has 0 spiro atoms. The Hall–Kier alpha value is -0.780. The smallest absolute Gasteiger partial charge is 0.143 e. The Balaban J connectivity index is 2.14. The van der Waals surface area contributed by atoms with Gasteiger partial charge in [-0.3, -0.25) is 0 Å². The van der Waals surface area contributed by atoms with E-state index in [1.165, 1.54) is 12.1 Å². The normalized spacial score (nSPS) is 10.5. The topological polar surface area (TPSA) is 32.3 Å². The van der Waals surface area contributed by atoms with Crippen molar-refractivity contribution in [2.75, 3.05) is 5.32 Å². The van der Waals surface area contributed by atoms with Crippen LogP contribution in [0.5, 0.6) is 5.75 Å². The van der Waals surface area contributed by atoms with Gasteiger partial charge < -0.3 is 10.4 Å². The van der Waals surface area contributed by atoms with Crippen molar-refractivity contribution < 1.29 is 9.50 Å². The second-order valence-corrected chi connectivity index (χ2v) is 6.06. The standard InChI is InChI=1S/C13H9Br2ClFNO/c14-11-1-7(2-12(15)13(11)19)6-18-10-4-8(16)3-9(17)5-10/h1-5,18-19H,6H2. The fourth-order valence-corrected chi connectivity index (χ4v) is 3.08. The molecule has 0 amide bonds. The van der Waals surface area contributed by atoms with Gasteiger partial charge in [0.05, 0.1) is 8.95 Å². The molecule has 6 heteroatoms. The first kappa shape index (κ1) is 14.6. The van der Waals surface area contributed by atoms with Gasteiger partial charge in [-0.1, -0.05) is 11.6 Å². The Morgan fingerprint density at radius 2 is 1.74 bits per heavy atom. The number of anilines is 1. The second-order valence-electron chi connectivity index (χ2n) is 3.92. The first-order valence-electron chi connectivity index (χ1n) is 5.32. The number of benzene rings is 2. The van der Waals surface area contributed by atoms with Gasteiger partial charge in [0.1, 0.15) is 11.6 Å². The lowest BCUT2D eigenvalue weighted by Gasteiger charge is -2.09. The van der Waals surface area contributed by atoms with E-state index in [1.807, 2.05) is 0 Å². The molecular formula is C13H9Br2ClFNO. The molecule has 19 heavy (non-hydrogen) atoms. The van der Waals surface area contributed by atoms with Crippen LogP contribution in [0.1, 0.15) is 5.56 Å². The summed E-state index contributed by atoms with van der Waals surface area (Å²) < 4.78 is 14.3. The number of aromatic hydroxyl groups is 1. The molecule has 2 N–H and O–H groups in total. The average molecular weight is 409 g/mol. The van der Waals surface area contributed by atoms with E-state index in [-0.39, 0.29) is 11.6 Å². The fourth-order valence-electron chi connectivity index (χ4n) is 1.58. The van der Waals surface area contributed by atoms with E-state index in [4.69, 9.17) is 11.6 Å². The van der Waals surface area contributed by atoms with E-state index in [2.05, 4.69) is 37.2 Å². The third-order valence-corrected chi connectivity index (χ3v) is 3.86. The lowest BCUT2D eigenvalue weighted by Crippen LogP contribution is -2.00. The highest BCUT2D eigenvalue weighted by Crippen LogP contribution is 2.33. The second kappa shape index (κ2) is 6.11. The summed E-state index contributed by atoms with van der Waals surface area (Å²) in [6, 6.07) is 7.84. The van der Waals surface area contributed by atoms with Crippen LogP contribution in [0.2, 0.25) is 5.02 Å². The van der Waals surface area contributed by atoms with Crippen molar-refractivity contribution in [3.8, 4) is 5.75 Å². The predicted octanol–water partition coefficient (Wildman–Crippen LogP) is 5.32. The molecule has 0 aliphatic heterocycles. The first-order valence-corrected chi connectivity index (χ1v) is 7.29. The summed E-state index contributed by atoms with van der Waals surface area (Å²) in [6.45, 7) is 0.483. The van der Waals surface area contributed by atoms with Gasteiger partial charge in [0, 0.05) is 17.3 Å². The van der Waals surface area contributed by atoms with Crippen LogP contribution in [0, 0.1) is 5.82 Å². The van der Waals surface area contributed by atoms with Crippen LogP contribution in [-0.4, -0.2) is 5.11 Å². The molecule has 2 rings (SSSR count). The maximum atomic E-state index is 13.2. The number of hydrogen-bond acceptors (Lipinski definition) is 2. The zero-order valence-electron chi connectivity index (χ0n) is 9.55. The van der Waals surface area contributed by atoms with Crippen molar-refractivity contribution in [1.82, 2.24) is 0 Å². The molecule has 2 nitrogen and oxygen atoms in total. The molecule has 0 saturated carbocycles. The molecule has 0 radical (unpaired) electrons. The summed E-state index contributed by atoms with van der Waals surface area (Å²) in [4.78, 5) is 0. The third-order valence-electron chi connectivity index (χ3n) is 2.44. The van der Waals surface area contributed by atoms with Crippen molar-refractivity contribution in [2.45, 2.75) is 6.54 Å². The largest absolute Gasteiger partial charge is 0.506 e. The fraction of sp³-hybridized carbons (Fsp3) is 0.0769. The Morgan fingerprint density at radius 3 is 2.32 bits per heavy atom. The molecule has 0 heterocycles. The quantitative estimate of drug-likeness (QED) is 0.719. The number of rotatable bonds is 3. The number of halogens is 4. The summed E-state index contributed by atoms with van der Waals surface area (Å²) in [5.41, 5.74) is 1.53. The lowest BCUT2D eigenvalue weighted by atomic mass is 10.2. The van der Waals surface area contributed by atoms with Gasteiger partial charge in [-0.15, -0.1) is 0 Å². The molecule has 2 aromatic carbocycles. The van der Waals surface area contributed by atoms with E-state index in [1.54, 1.807) is 18.2 Å². The molecule has 0 atom stereocenters. The zero-order valence-corrected chi connectivity index (χ0v) is 13.5. The highest BCUT2D eigenvalue weighted by molar-refractivity contribution is 9.11. The molecule has 2 aromatic rings. The minimum atomic E-state index is -0.386. The number of phenols is 1. The molecule has 0 saturated heterocycles. The van der Waals surface area contributed by atoms with Gasteiger partial charge in [-0.2, -0.15) is 0 Å². The van der Waals surface area contributed by atoms with Crippen molar-refractivity contribution in [3.63, 3.8) is 0 Å². The van der Waals surface area contributed by atoms with Gasteiger partial charge in [0.25, 0.3) is 0 Å². The van der Waals surface area contributed by atoms with Gasteiger partial charge in [0.15, 0.2) is 0 Å². The highest BCUT2D eigenvalue weighted by atomic mass is 79.9. The van der Waals surface area contributed by atoms with E-state index >= 15 is 0 Å². The maximum absolute atomic E-state index is 13.2. The first-order chi connectivity index (χ1) is 8.95. The minimum absolute atomic E-state index is 0.151. The average Bonchev–Trinajstić information content (AvgIpc) is 2.32. The highest BCUT2D eigenvalue weighted by Gasteiger charge is 2.06. The van der Waals surface area contributed by atoms with Gasteiger partial charge >= 0.3 is 0 Å². The summed E-state index contributed by atoms with van der Waals surface area (Å²) in [6.07, 6.45) is 0. The molecule has 0 aliphatic carbocycles. The number of phenolic OH excluding ortho intramolecular Hbond substituents is 1. The Labute approximate surface area is 131 Å². The lowest BCUT2D eigenvalue weighted by molar-refractivity contribution is 0.468. The SMILES string of the molecule is Oc1c(Br)cc(CNc2cc(F)cc(Cl)c2)cc1Br. The van der Waals surface area contributed by atoms with E-state index in [0.29, 0.717) is 26.2 Å². The van der Waals surface area contributed by atoms with Gasteiger partial charge in [-0.05, 0) is 67.8 Å². The van der Waals surface area contributed by atoms with Crippen molar-refractivity contribution in [2.24, 2.45) is 0 Å². The van der Waals surface area contributed by atoms with E-state index < -0.39 is 0 Å². The summed E-state index contributed by atoms with van der Waals surface area (Å²) in [5, 5.41) is 13.0. The summed E-state index contributed by atoms with van der Waals surface area (Å²) in [5.74, 6) is -0.236. The minimum Gasteiger partial charge on any atom is -0.506 e. The Morgan fingerprint density at radius 1 is 1.11 bits per heavy atom. The molecule has 0 unspecified atom stereocenters. The zero-order chi connectivity index (χ0) is 14.0. The van der Waals surface area contributed by atoms with Crippen LogP contribution in [0.25, 0.3) is 0 Å². The van der Waals surface area contributed by atoms with Crippen LogP contribution in [0.4, 0.5) is 10.1 Å². The molecule has 0 bridgehead atoms. The van der Waals surface area contributed by atoms with Crippen LogP contribution in [0.15, 0.2) is 39.3 Å². The van der Waals surface area contributed by atoms with E-state index in [9.17, 15) is 9.50 Å². The molecule has 0 aromatic heterocycles. The van der Waals surface area contributed by atoms with Crippen molar-refractivity contribution >= 4 is 49.1 Å². The van der Waals surface area contributed by atoms with Crippen LogP contribution < -0.4 is 5.32 Å². The Bertz CT molecular complexity index is 578. The van der Waals surface area contributed by atoms with Crippen LogP contribution in [0.3, 0.4) is 0 Å². The van der Waals surface area contributed by atoms with Gasteiger partial charge in [0.2, 0.25) is 0 Å². The number of nitrogens with one attached hydrogen (secondary N) is 1. The maximum Gasteiger partial charge on any atom is 0.143 e. The van der Waals surface area contributed by atoms with Crippen LogP contribution >= 0.6 is 43.5 Å². The predicted molar refractivity (Wildman–Crippen MR) is 82.2 cm³/mol. The van der Waals surface area contributed by atoms with Crippen molar-refractivity contribution in [3.05, 3.63) is 55.7 Å².